The van der Waals surface area contributed by atoms with E-state index in [0.29, 0.717) is 29.9 Å². The Morgan fingerprint density at radius 2 is 2.09 bits per heavy atom. The van der Waals surface area contributed by atoms with E-state index in [2.05, 4.69) is 10.1 Å². The molecule has 0 bridgehead atoms. The monoisotopic (exact) mass is 302 g/mol. The van der Waals surface area contributed by atoms with Crippen molar-refractivity contribution in [2.45, 2.75) is 39.2 Å². The van der Waals surface area contributed by atoms with E-state index >= 15 is 0 Å². The summed E-state index contributed by atoms with van der Waals surface area (Å²) in [6.45, 7) is 4.13. The lowest BCUT2D eigenvalue weighted by molar-refractivity contribution is -0.143. The van der Waals surface area contributed by atoms with Crippen LogP contribution >= 0.6 is 0 Å². The number of aromatic nitrogens is 3. The molecule has 0 aromatic carbocycles. The molecular weight excluding hydrogens is 284 g/mol. The minimum atomic E-state index is -0.949. The van der Waals surface area contributed by atoms with Crippen LogP contribution in [0.5, 0.6) is 0 Å². The number of amides is 1. The molecule has 1 atom stereocenters. The van der Waals surface area contributed by atoms with E-state index in [1.165, 1.54) is 11.1 Å². The zero-order chi connectivity index (χ0) is 15.9. The van der Waals surface area contributed by atoms with Crippen LogP contribution in [0.4, 0.5) is 0 Å². The molecule has 7 nitrogen and oxygen atoms in total. The van der Waals surface area contributed by atoms with Gasteiger partial charge in [-0.3, -0.25) is 4.79 Å². The van der Waals surface area contributed by atoms with Gasteiger partial charge in [0, 0.05) is 18.8 Å². The van der Waals surface area contributed by atoms with Crippen molar-refractivity contribution in [3.05, 3.63) is 29.2 Å². The second-order valence-electron chi connectivity index (χ2n) is 5.66. The summed E-state index contributed by atoms with van der Waals surface area (Å²) < 4.78 is 1.63. The largest absolute Gasteiger partial charge is 0.480 e. The highest BCUT2D eigenvalue weighted by molar-refractivity contribution is 5.97. The van der Waals surface area contributed by atoms with E-state index in [0.717, 1.165) is 18.5 Å². The summed E-state index contributed by atoms with van der Waals surface area (Å²) in [5.74, 6) is -1.23. The fourth-order valence-corrected chi connectivity index (χ4v) is 2.96. The highest BCUT2D eigenvalue weighted by atomic mass is 16.4. The van der Waals surface area contributed by atoms with E-state index in [1.54, 1.807) is 11.4 Å². The number of carbonyl (C=O) groups is 2. The fraction of sp³-hybridized carbons (Fsp3) is 0.467. The van der Waals surface area contributed by atoms with Gasteiger partial charge in [-0.25, -0.2) is 14.3 Å². The SMILES string of the molecule is Cc1cc2ncc(C(=O)N3CCCC[C@@H]3C(=O)O)c(C)n2n1. The van der Waals surface area contributed by atoms with Gasteiger partial charge in [0.25, 0.3) is 5.91 Å². The number of nitrogens with zero attached hydrogens (tertiary/aromatic N) is 4. The van der Waals surface area contributed by atoms with E-state index < -0.39 is 12.0 Å². The molecule has 0 aliphatic carbocycles. The van der Waals surface area contributed by atoms with Crippen LogP contribution in [0.15, 0.2) is 12.3 Å². The van der Waals surface area contributed by atoms with Crippen LogP contribution in [0.3, 0.4) is 0 Å². The highest BCUT2D eigenvalue weighted by Gasteiger charge is 2.33. The van der Waals surface area contributed by atoms with E-state index in [4.69, 9.17) is 0 Å². The molecule has 0 spiro atoms. The second kappa shape index (κ2) is 5.40. The maximum Gasteiger partial charge on any atom is 0.326 e. The number of carbonyl (C=O) groups excluding carboxylic acids is 1. The van der Waals surface area contributed by atoms with E-state index in [-0.39, 0.29) is 5.91 Å². The number of hydrogen-bond acceptors (Lipinski definition) is 4. The normalized spacial score (nSPS) is 18.6. The maximum atomic E-state index is 12.8. The average molecular weight is 302 g/mol. The van der Waals surface area contributed by atoms with Crippen LogP contribution in [0, 0.1) is 13.8 Å². The summed E-state index contributed by atoms with van der Waals surface area (Å²) in [5.41, 5.74) is 2.59. The first-order chi connectivity index (χ1) is 10.5. The Morgan fingerprint density at radius 1 is 1.32 bits per heavy atom. The van der Waals surface area contributed by atoms with Crippen molar-refractivity contribution in [2.75, 3.05) is 6.54 Å². The van der Waals surface area contributed by atoms with Crippen molar-refractivity contribution in [1.29, 1.82) is 0 Å². The standard InChI is InChI=1S/C15H18N4O3/c1-9-7-13-16-8-11(10(2)19(13)17-9)14(20)18-6-4-3-5-12(18)15(21)22/h7-8,12H,3-6H2,1-2H3,(H,21,22)/t12-/m1/s1. The Kier molecular flexibility index (Phi) is 3.56. The molecule has 1 fully saturated rings. The van der Waals surface area contributed by atoms with Gasteiger partial charge in [-0.05, 0) is 33.1 Å². The minimum absolute atomic E-state index is 0.285. The average Bonchev–Trinajstić information content (AvgIpc) is 2.88. The molecule has 2 aromatic rings. The lowest BCUT2D eigenvalue weighted by atomic mass is 10.0. The number of likely N-dealkylation sites (tertiary alicyclic amines) is 1. The summed E-state index contributed by atoms with van der Waals surface area (Å²) in [5, 5.41) is 13.6. The van der Waals surface area contributed by atoms with Crippen molar-refractivity contribution in [3.8, 4) is 0 Å². The lowest BCUT2D eigenvalue weighted by Crippen LogP contribution is -2.48. The summed E-state index contributed by atoms with van der Waals surface area (Å²) in [6, 6.07) is 1.08. The van der Waals surface area contributed by atoms with Crippen molar-refractivity contribution in [2.24, 2.45) is 0 Å². The lowest BCUT2D eigenvalue weighted by Gasteiger charge is -2.33. The van der Waals surface area contributed by atoms with Crippen molar-refractivity contribution in [3.63, 3.8) is 0 Å². The van der Waals surface area contributed by atoms with Crippen molar-refractivity contribution >= 4 is 17.5 Å². The molecule has 1 aliphatic heterocycles. The van der Waals surface area contributed by atoms with Crippen LogP contribution in [0.2, 0.25) is 0 Å². The number of rotatable bonds is 2. The highest BCUT2D eigenvalue weighted by Crippen LogP contribution is 2.21. The summed E-state index contributed by atoms with van der Waals surface area (Å²) >= 11 is 0. The van der Waals surface area contributed by atoms with E-state index in [9.17, 15) is 14.7 Å². The Balaban J connectivity index is 2.00. The second-order valence-corrected chi connectivity index (χ2v) is 5.66. The third-order valence-corrected chi connectivity index (χ3v) is 4.13. The smallest absolute Gasteiger partial charge is 0.326 e. The van der Waals surface area contributed by atoms with Gasteiger partial charge in [0.15, 0.2) is 5.65 Å². The molecule has 1 amide bonds. The van der Waals surface area contributed by atoms with Gasteiger partial charge in [-0.15, -0.1) is 0 Å². The molecular formula is C15H18N4O3. The van der Waals surface area contributed by atoms with Crippen LogP contribution in [-0.2, 0) is 4.79 Å². The first-order valence-corrected chi connectivity index (χ1v) is 7.35. The number of hydrogen-bond donors (Lipinski definition) is 1. The Labute approximate surface area is 127 Å². The quantitative estimate of drug-likeness (QED) is 0.906. The molecule has 22 heavy (non-hydrogen) atoms. The number of carboxylic acids is 1. The molecule has 116 valence electrons. The van der Waals surface area contributed by atoms with Gasteiger partial charge in [0.2, 0.25) is 0 Å². The van der Waals surface area contributed by atoms with Gasteiger partial charge >= 0.3 is 5.97 Å². The van der Waals surface area contributed by atoms with Gasteiger partial charge in [0.1, 0.15) is 6.04 Å². The Bertz CT molecular complexity index is 753. The number of piperidine rings is 1. The van der Waals surface area contributed by atoms with Gasteiger partial charge in [-0.1, -0.05) is 0 Å². The number of aliphatic carboxylic acids is 1. The zero-order valence-corrected chi connectivity index (χ0v) is 12.6. The molecule has 7 heteroatoms. The van der Waals surface area contributed by atoms with Gasteiger partial charge in [0.05, 0.1) is 17.0 Å². The number of carboxylic acid groups (broad SMARTS) is 1. The third kappa shape index (κ3) is 2.32. The van der Waals surface area contributed by atoms with Crippen molar-refractivity contribution in [1.82, 2.24) is 19.5 Å². The van der Waals surface area contributed by atoms with Crippen LogP contribution in [0.1, 0.15) is 41.0 Å². The predicted octanol–water partition coefficient (Wildman–Crippen LogP) is 1.43. The molecule has 2 aromatic heterocycles. The van der Waals surface area contributed by atoms with Crippen LogP contribution < -0.4 is 0 Å². The fourth-order valence-electron chi connectivity index (χ4n) is 2.96. The first-order valence-electron chi connectivity index (χ1n) is 7.35. The topological polar surface area (TPSA) is 87.8 Å². The van der Waals surface area contributed by atoms with E-state index in [1.807, 2.05) is 13.0 Å². The van der Waals surface area contributed by atoms with Crippen LogP contribution in [0.25, 0.3) is 5.65 Å². The molecule has 1 aliphatic rings. The molecule has 0 unspecified atom stereocenters. The molecule has 3 rings (SSSR count). The minimum Gasteiger partial charge on any atom is -0.480 e. The van der Waals surface area contributed by atoms with Crippen LogP contribution in [-0.4, -0.2) is 49.1 Å². The summed E-state index contributed by atoms with van der Waals surface area (Å²) in [6.07, 6.45) is 3.67. The Hall–Kier alpha value is -2.44. The molecule has 3 heterocycles. The molecule has 0 saturated carbocycles. The third-order valence-electron chi connectivity index (χ3n) is 4.13. The number of aryl methyl sites for hydroxylation is 2. The predicted molar refractivity (Wildman–Crippen MR) is 78.8 cm³/mol. The first kappa shape index (κ1) is 14.5. The van der Waals surface area contributed by atoms with Gasteiger partial charge < -0.3 is 10.0 Å². The van der Waals surface area contributed by atoms with Crippen molar-refractivity contribution < 1.29 is 14.7 Å². The molecule has 0 radical (unpaired) electrons. The molecule has 1 saturated heterocycles. The summed E-state index contributed by atoms with van der Waals surface area (Å²) in [4.78, 5) is 29.8. The zero-order valence-electron chi connectivity index (χ0n) is 12.6. The molecule has 1 N–H and O–H groups in total. The maximum absolute atomic E-state index is 12.8. The number of fused-ring (bicyclic) bond motifs is 1. The summed E-state index contributed by atoms with van der Waals surface area (Å²) in [7, 11) is 0. The van der Waals surface area contributed by atoms with Gasteiger partial charge in [-0.2, -0.15) is 5.10 Å². The Morgan fingerprint density at radius 3 is 2.82 bits per heavy atom.